The highest BCUT2D eigenvalue weighted by molar-refractivity contribution is 7.17. The average molecular weight is 423 g/mol. The van der Waals surface area contributed by atoms with Crippen LogP contribution < -0.4 is 15.9 Å². The van der Waals surface area contributed by atoms with E-state index in [1.165, 1.54) is 17.4 Å². The lowest BCUT2D eigenvalue weighted by Gasteiger charge is -2.24. The summed E-state index contributed by atoms with van der Waals surface area (Å²) in [4.78, 5) is 21.4. The first-order chi connectivity index (χ1) is 13.9. The number of nitrogen functional groups attached to an aromatic ring is 1. The quantitative estimate of drug-likeness (QED) is 0.663. The molecule has 0 amide bonds. The molecule has 2 aliphatic heterocycles. The number of fused-ring (bicyclic) bond motifs is 2. The van der Waals surface area contributed by atoms with E-state index in [0.29, 0.717) is 22.2 Å². The van der Waals surface area contributed by atoms with Crippen molar-refractivity contribution < 1.29 is 19.3 Å². The molecule has 0 radical (unpaired) electrons. The number of nitrogens with two attached hydrogens (primary N) is 1. The van der Waals surface area contributed by atoms with Crippen molar-refractivity contribution in [3.05, 3.63) is 9.67 Å². The molecule has 3 fully saturated rings. The van der Waals surface area contributed by atoms with Crippen LogP contribution in [-0.4, -0.2) is 56.4 Å². The molecule has 4 heterocycles. The van der Waals surface area contributed by atoms with Gasteiger partial charge in [0.15, 0.2) is 23.5 Å². The molecule has 2 saturated heterocycles. The normalized spacial score (nSPS) is 31.6. The Bertz CT molecular complexity index is 985. The summed E-state index contributed by atoms with van der Waals surface area (Å²) in [5, 5.41) is 13.2. The van der Waals surface area contributed by atoms with Gasteiger partial charge >= 0.3 is 4.87 Å². The number of rotatable bonds is 4. The van der Waals surface area contributed by atoms with Crippen LogP contribution in [0.4, 0.5) is 11.8 Å². The number of hydrogen-bond donors (Lipinski definition) is 3. The average Bonchev–Trinajstić information content (AvgIpc) is 3.39. The van der Waals surface area contributed by atoms with E-state index in [9.17, 15) is 9.90 Å². The van der Waals surface area contributed by atoms with Crippen molar-refractivity contribution in [1.82, 2.24) is 14.5 Å². The van der Waals surface area contributed by atoms with Gasteiger partial charge in [0.25, 0.3) is 0 Å². The van der Waals surface area contributed by atoms with Crippen LogP contribution in [0.2, 0.25) is 0 Å². The zero-order chi connectivity index (χ0) is 20.3. The first-order valence-electron chi connectivity index (χ1n) is 9.93. The monoisotopic (exact) mass is 423 g/mol. The first-order valence-corrected chi connectivity index (χ1v) is 10.7. The van der Waals surface area contributed by atoms with Gasteiger partial charge in [-0.15, -0.1) is 0 Å². The maximum Gasteiger partial charge on any atom is 0.311 e. The number of hydrogen-bond acceptors (Lipinski definition) is 10. The molecule has 2 aromatic heterocycles. The number of aliphatic hydroxyl groups is 1. The fraction of sp³-hybridized carbons (Fsp3) is 0.722. The van der Waals surface area contributed by atoms with Crippen LogP contribution in [0.5, 0.6) is 0 Å². The minimum absolute atomic E-state index is 0.0849. The lowest BCUT2D eigenvalue weighted by Crippen LogP contribution is -2.32. The predicted octanol–water partition coefficient (Wildman–Crippen LogP) is 1.20. The van der Waals surface area contributed by atoms with Gasteiger partial charge in [-0.1, -0.05) is 24.2 Å². The molecule has 0 spiro atoms. The second-order valence-corrected chi connectivity index (χ2v) is 9.22. The Labute approximate surface area is 171 Å². The Morgan fingerprint density at radius 3 is 2.72 bits per heavy atom. The molecule has 158 valence electrons. The third-order valence-electron chi connectivity index (χ3n) is 5.73. The number of aliphatic hydroxyl groups excluding tert-OH is 1. The lowest BCUT2D eigenvalue weighted by atomic mass is 10.1. The van der Waals surface area contributed by atoms with Crippen LogP contribution in [0.25, 0.3) is 10.3 Å². The van der Waals surface area contributed by atoms with Gasteiger partial charge in [-0.3, -0.25) is 9.36 Å². The van der Waals surface area contributed by atoms with Gasteiger partial charge < -0.3 is 30.4 Å². The molecule has 0 unspecified atom stereocenters. The molecule has 29 heavy (non-hydrogen) atoms. The zero-order valence-electron chi connectivity index (χ0n) is 16.3. The highest BCUT2D eigenvalue weighted by Crippen LogP contribution is 2.44. The highest BCUT2D eigenvalue weighted by Gasteiger charge is 2.56. The first kappa shape index (κ1) is 19.2. The van der Waals surface area contributed by atoms with E-state index in [2.05, 4.69) is 15.3 Å². The number of thiazole rings is 1. The molecule has 10 nitrogen and oxygen atoms in total. The molecular weight excluding hydrogens is 398 g/mol. The second kappa shape index (κ2) is 6.88. The smallest absolute Gasteiger partial charge is 0.311 e. The van der Waals surface area contributed by atoms with E-state index in [1.54, 1.807) is 13.8 Å². The Morgan fingerprint density at radius 2 is 2.00 bits per heavy atom. The van der Waals surface area contributed by atoms with Gasteiger partial charge in [0, 0.05) is 6.04 Å². The zero-order valence-corrected chi connectivity index (χ0v) is 17.1. The van der Waals surface area contributed by atoms with Crippen LogP contribution >= 0.6 is 11.3 Å². The third kappa shape index (κ3) is 3.21. The standard InChI is InChI=1S/C18H25N5O5S/c1-18(2)27-10-9(7-24)26-15(11(10)28-18)23-14-12(29-17(23)25)13(21-16(19)22-14)20-8-5-3-4-6-8/h8-11,15,24H,3-7H2,1-2H3,(H3,19,20,21,22)/t9-,10-,11-,15-/m1/s1. The summed E-state index contributed by atoms with van der Waals surface area (Å²) in [7, 11) is 0. The highest BCUT2D eigenvalue weighted by atomic mass is 32.1. The van der Waals surface area contributed by atoms with Gasteiger partial charge in [-0.2, -0.15) is 9.97 Å². The molecule has 1 saturated carbocycles. The molecule has 0 aromatic carbocycles. The van der Waals surface area contributed by atoms with Gasteiger partial charge in [0.1, 0.15) is 23.0 Å². The summed E-state index contributed by atoms with van der Waals surface area (Å²) in [5.41, 5.74) is 6.38. The molecule has 0 bridgehead atoms. The fourth-order valence-electron chi connectivity index (χ4n) is 4.54. The molecule has 3 aliphatic rings. The van der Waals surface area contributed by atoms with Gasteiger partial charge in [-0.25, -0.2) is 0 Å². The minimum atomic E-state index is -0.830. The molecule has 4 N–H and O–H groups in total. The number of anilines is 2. The Hall–Kier alpha value is -1.79. The van der Waals surface area contributed by atoms with Gasteiger partial charge in [-0.05, 0) is 26.7 Å². The summed E-state index contributed by atoms with van der Waals surface area (Å²) >= 11 is 1.05. The van der Waals surface area contributed by atoms with E-state index in [-0.39, 0.29) is 17.4 Å². The summed E-state index contributed by atoms with van der Waals surface area (Å²) in [6, 6.07) is 0.316. The summed E-state index contributed by atoms with van der Waals surface area (Å²) in [6.45, 7) is 3.36. The molecule has 11 heteroatoms. The van der Waals surface area contributed by atoms with Crippen molar-refractivity contribution in [3.63, 3.8) is 0 Å². The summed E-state index contributed by atoms with van der Waals surface area (Å²) < 4.78 is 20.0. The Balaban J connectivity index is 1.57. The summed E-state index contributed by atoms with van der Waals surface area (Å²) in [6.07, 6.45) is 2.10. The largest absolute Gasteiger partial charge is 0.394 e. The van der Waals surface area contributed by atoms with Crippen LogP contribution in [0.3, 0.4) is 0 Å². The van der Waals surface area contributed by atoms with Crippen molar-refractivity contribution in [2.24, 2.45) is 0 Å². The van der Waals surface area contributed by atoms with Crippen molar-refractivity contribution in [1.29, 1.82) is 0 Å². The SMILES string of the molecule is CC1(C)O[C@@H]2[C@H](O1)[C@@H](CO)O[C@H]2n1c(=O)sc2c(NC3CCCC3)nc(N)nc21. The topological polar surface area (TPSA) is 134 Å². The Morgan fingerprint density at radius 1 is 1.28 bits per heavy atom. The molecule has 5 rings (SSSR count). The molecule has 1 aliphatic carbocycles. The van der Waals surface area contributed by atoms with E-state index in [0.717, 1.165) is 24.2 Å². The van der Waals surface area contributed by atoms with E-state index >= 15 is 0 Å². The van der Waals surface area contributed by atoms with E-state index < -0.39 is 30.3 Å². The van der Waals surface area contributed by atoms with Gasteiger partial charge in [0.2, 0.25) is 5.95 Å². The number of nitrogens with one attached hydrogen (secondary N) is 1. The Kier molecular flexibility index (Phi) is 4.55. The maximum atomic E-state index is 13.0. The molecular formula is C18H25N5O5S. The van der Waals surface area contributed by atoms with E-state index in [1.807, 2.05) is 0 Å². The molecule has 2 aromatic rings. The predicted molar refractivity (Wildman–Crippen MR) is 107 cm³/mol. The van der Waals surface area contributed by atoms with Crippen LogP contribution in [-0.2, 0) is 14.2 Å². The number of aromatic nitrogens is 3. The second-order valence-electron chi connectivity index (χ2n) is 8.26. The van der Waals surface area contributed by atoms with E-state index in [4.69, 9.17) is 19.9 Å². The molecule has 4 atom stereocenters. The number of nitrogens with zero attached hydrogens (tertiary/aromatic N) is 3. The maximum absolute atomic E-state index is 13.0. The van der Waals surface area contributed by atoms with Crippen LogP contribution in [0.15, 0.2) is 4.79 Å². The van der Waals surface area contributed by atoms with Gasteiger partial charge in [0.05, 0.1) is 6.61 Å². The van der Waals surface area contributed by atoms with Crippen molar-refractivity contribution in [3.8, 4) is 0 Å². The third-order valence-corrected chi connectivity index (χ3v) is 6.69. The fourth-order valence-corrected chi connectivity index (χ4v) is 5.44. The van der Waals surface area contributed by atoms with Crippen molar-refractivity contribution in [2.45, 2.75) is 75.9 Å². The number of ether oxygens (including phenoxy) is 3. The minimum Gasteiger partial charge on any atom is -0.394 e. The van der Waals surface area contributed by atoms with Crippen LogP contribution in [0.1, 0.15) is 45.8 Å². The summed E-state index contributed by atoms with van der Waals surface area (Å²) in [5.74, 6) is -0.164. The van der Waals surface area contributed by atoms with Crippen LogP contribution in [0, 0.1) is 0 Å². The lowest BCUT2D eigenvalue weighted by molar-refractivity contribution is -0.199. The van der Waals surface area contributed by atoms with Crippen molar-refractivity contribution in [2.75, 3.05) is 17.7 Å². The van der Waals surface area contributed by atoms with Crippen molar-refractivity contribution >= 4 is 33.5 Å².